The lowest BCUT2D eigenvalue weighted by molar-refractivity contribution is 0.278. The van der Waals surface area contributed by atoms with Gasteiger partial charge in [0.25, 0.3) is 0 Å². The summed E-state index contributed by atoms with van der Waals surface area (Å²) in [4.78, 5) is 9.67. The highest BCUT2D eigenvalue weighted by atomic mass is 15.2. The van der Waals surface area contributed by atoms with Crippen molar-refractivity contribution in [3.05, 3.63) is 91.2 Å². The Bertz CT molecular complexity index is 1070. The van der Waals surface area contributed by atoms with Crippen molar-refractivity contribution in [1.82, 2.24) is 15.2 Å². The highest BCUT2D eigenvalue weighted by Crippen LogP contribution is 2.24. The van der Waals surface area contributed by atoms with E-state index in [-0.39, 0.29) is 7.43 Å². The Balaban J connectivity index is 0.00000274. The summed E-state index contributed by atoms with van der Waals surface area (Å²) in [5.74, 6) is 1.04. The molecule has 41 heavy (non-hydrogen) atoms. The maximum Gasteiger partial charge on any atom is 0.128 e. The minimum atomic E-state index is 0. The predicted octanol–water partition coefficient (Wildman–Crippen LogP) is 8.57. The van der Waals surface area contributed by atoms with Crippen molar-refractivity contribution in [3.8, 4) is 0 Å². The highest BCUT2D eigenvalue weighted by molar-refractivity contribution is 5.76. The number of nitrogens with zero attached hydrogens (tertiary/aromatic N) is 3. The number of rotatable bonds is 15. The standard InChI is InChI=1S/C33H49N5.C2H4.CH4/c1-7-11-28(17-21-37(18-8-2)19-9-3)23-29-13-14-30(22-26(29)4)27(5)36-31-15-16-33(35-24-31)38-20-10-12-32(25-38)34-6;1-2;/h7,13-16,22-24,32,34,36H,1,5,8-12,17-21,25H2,2-4,6H3;1-2H2;1H4/b28-23+;;. The second-order valence-electron chi connectivity index (χ2n) is 10.5. The van der Waals surface area contributed by atoms with Crippen LogP contribution in [0.5, 0.6) is 0 Å². The average Bonchev–Trinajstić information content (AvgIpc) is 2.98. The summed E-state index contributed by atoms with van der Waals surface area (Å²) in [5, 5.41) is 6.85. The van der Waals surface area contributed by atoms with Crippen LogP contribution in [0.15, 0.2) is 74.5 Å². The molecule has 1 aromatic heterocycles. The number of benzene rings is 1. The van der Waals surface area contributed by atoms with Gasteiger partial charge in [-0.1, -0.05) is 57.7 Å². The van der Waals surface area contributed by atoms with Crippen LogP contribution in [0.4, 0.5) is 11.5 Å². The first-order valence-electron chi connectivity index (χ1n) is 14.9. The number of pyridine rings is 1. The van der Waals surface area contributed by atoms with Gasteiger partial charge in [-0.2, -0.15) is 0 Å². The molecule has 1 aliphatic rings. The SMILES string of the molecule is C.C=C.C=CC/C(=C\c1ccc(C(=C)Nc2ccc(N3CCCC(NC)C3)nc2)cc1C)CCN(CCC)CCC. The molecule has 0 aliphatic carbocycles. The number of allylic oxidation sites excluding steroid dienone is 1. The van der Waals surface area contributed by atoms with Gasteiger partial charge in [0.15, 0.2) is 0 Å². The van der Waals surface area contributed by atoms with Crippen LogP contribution in [0.1, 0.15) is 76.5 Å². The van der Waals surface area contributed by atoms with Crippen LogP contribution in [0.25, 0.3) is 11.8 Å². The first-order valence-corrected chi connectivity index (χ1v) is 14.9. The zero-order valence-corrected chi connectivity index (χ0v) is 25.6. The largest absolute Gasteiger partial charge is 0.355 e. The molecule has 0 bridgehead atoms. The van der Waals surface area contributed by atoms with Gasteiger partial charge in [0.2, 0.25) is 0 Å². The van der Waals surface area contributed by atoms with Crippen LogP contribution in [0, 0.1) is 6.92 Å². The van der Waals surface area contributed by atoms with Gasteiger partial charge in [0.05, 0.1) is 11.9 Å². The normalized spacial score (nSPS) is 15.0. The molecule has 1 atom stereocenters. The Hall–Kier alpha value is -3.15. The van der Waals surface area contributed by atoms with Gasteiger partial charge >= 0.3 is 0 Å². The lowest BCUT2D eigenvalue weighted by Crippen LogP contribution is -2.44. The first-order chi connectivity index (χ1) is 19.5. The van der Waals surface area contributed by atoms with Gasteiger partial charge in [-0.3, -0.25) is 0 Å². The fourth-order valence-electron chi connectivity index (χ4n) is 5.25. The van der Waals surface area contributed by atoms with E-state index in [4.69, 9.17) is 4.98 Å². The van der Waals surface area contributed by atoms with Crippen LogP contribution >= 0.6 is 0 Å². The molecule has 1 unspecified atom stereocenters. The van der Waals surface area contributed by atoms with E-state index in [1.807, 2.05) is 19.3 Å². The molecule has 1 aliphatic heterocycles. The number of anilines is 2. The summed E-state index contributed by atoms with van der Waals surface area (Å²) in [7, 11) is 2.04. The summed E-state index contributed by atoms with van der Waals surface area (Å²) in [6.45, 7) is 26.5. The van der Waals surface area contributed by atoms with E-state index >= 15 is 0 Å². The zero-order chi connectivity index (χ0) is 29.3. The van der Waals surface area contributed by atoms with Crippen LogP contribution in [-0.4, -0.2) is 55.7 Å². The van der Waals surface area contributed by atoms with Crippen molar-refractivity contribution in [2.75, 3.05) is 50.0 Å². The fraction of sp³-hybridized carbons (Fsp3) is 0.472. The van der Waals surface area contributed by atoms with Gasteiger partial charge < -0.3 is 20.4 Å². The Morgan fingerprint density at radius 3 is 2.44 bits per heavy atom. The molecule has 1 fully saturated rings. The molecule has 3 rings (SSSR count). The second-order valence-corrected chi connectivity index (χ2v) is 10.5. The van der Waals surface area contributed by atoms with E-state index in [1.165, 1.54) is 55.5 Å². The highest BCUT2D eigenvalue weighted by Gasteiger charge is 2.19. The smallest absolute Gasteiger partial charge is 0.128 e. The summed E-state index contributed by atoms with van der Waals surface area (Å²) in [5.41, 5.74) is 6.89. The lowest BCUT2D eigenvalue weighted by Gasteiger charge is -2.33. The molecule has 0 spiro atoms. The van der Waals surface area contributed by atoms with Crippen LogP contribution < -0.4 is 15.5 Å². The van der Waals surface area contributed by atoms with Gasteiger partial charge in [-0.05, 0) is 100 Å². The van der Waals surface area contributed by atoms with Crippen molar-refractivity contribution < 1.29 is 0 Å². The van der Waals surface area contributed by atoms with Crippen molar-refractivity contribution in [1.29, 1.82) is 0 Å². The Labute approximate surface area is 252 Å². The molecule has 2 aromatic rings. The van der Waals surface area contributed by atoms with Crippen molar-refractivity contribution >= 4 is 23.3 Å². The third kappa shape index (κ3) is 11.7. The second kappa shape index (κ2) is 19.8. The number of likely N-dealkylation sites (N-methyl/N-ethyl adjacent to an activating group) is 1. The van der Waals surface area contributed by atoms with E-state index in [9.17, 15) is 0 Å². The summed E-state index contributed by atoms with van der Waals surface area (Å²) in [6, 6.07) is 11.3. The third-order valence-electron chi connectivity index (χ3n) is 7.41. The summed E-state index contributed by atoms with van der Waals surface area (Å²) >= 11 is 0. The Kier molecular flexibility index (Phi) is 17.4. The zero-order valence-electron chi connectivity index (χ0n) is 25.6. The van der Waals surface area contributed by atoms with Crippen LogP contribution in [-0.2, 0) is 0 Å². The Morgan fingerprint density at radius 2 is 1.85 bits per heavy atom. The third-order valence-corrected chi connectivity index (χ3v) is 7.41. The van der Waals surface area contributed by atoms with E-state index in [0.29, 0.717) is 6.04 Å². The van der Waals surface area contributed by atoms with E-state index in [0.717, 1.165) is 55.2 Å². The monoisotopic (exact) mass is 559 g/mol. The molecule has 2 heterocycles. The van der Waals surface area contributed by atoms with Crippen LogP contribution in [0.2, 0.25) is 0 Å². The minimum absolute atomic E-state index is 0. The number of hydrogen-bond acceptors (Lipinski definition) is 5. The molecule has 0 radical (unpaired) electrons. The predicted molar refractivity (Wildman–Crippen MR) is 185 cm³/mol. The Morgan fingerprint density at radius 1 is 1.12 bits per heavy atom. The maximum absolute atomic E-state index is 4.73. The number of aryl methyl sites for hydroxylation is 1. The number of hydrogen-bond donors (Lipinski definition) is 2. The van der Waals surface area contributed by atoms with Gasteiger partial charge in [-0.25, -0.2) is 4.98 Å². The van der Waals surface area contributed by atoms with E-state index in [2.05, 4.69) is 104 Å². The molecule has 2 N–H and O–H groups in total. The average molecular weight is 560 g/mol. The van der Waals surface area contributed by atoms with Crippen molar-refractivity contribution in [2.45, 2.75) is 72.8 Å². The fourth-order valence-corrected chi connectivity index (χ4v) is 5.25. The topological polar surface area (TPSA) is 43.4 Å². The van der Waals surface area contributed by atoms with Crippen molar-refractivity contribution in [3.63, 3.8) is 0 Å². The minimum Gasteiger partial charge on any atom is -0.355 e. The maximum atomic E-state index is 4.73. The quantitative estimate of drug-likeness (QED) is 0.214. The van der Waals surface area contributed by atoms with E-state index < -0.39 is 0 Å². The summed E-state index contributed by atoms with van der Waals surface area (Å²) < 4.78 is 0. The number of piperidine rings is 1. The summed E-state index contributed by atoms with van der Waals surface area (Å²) in [6.07, 6.45) is 13.1. The first kappa shape index (κ1) is 35.9. The molecule has 5 nitrogen and oxygen atoms in total. The van der Waals surface area contributed by atoms with Crippen molar-refractivity contribution in [2.24, 2.45) is 0 Å². The number of nitrogens with one attached hydrogen (secondary N) is 2. The molecule has 0 saturated carbocycles. The molecular formula is C36H57N5. The molecular weight excluding hydrogens is 502 g/mol. The van der Waals surface area contributed by atoms with E-state index in [1.54, 1.807) is 0 Å². The van der Waals surface area contributed by atoms with Crippen LogP contribution in [0.3, 0.4) is 0 Å². The molecule has 5 heteroatoms. The molecule has 1 aromatic carbocycles. The van der Waals surface area contributed by atoms with Gasteiger partial charge in [-0.15, -0.1) is 19.7 Å². The molecule has 0 amide bonds. The molecule has 226 valence electrons. The molecule has 1 saturated heterocycles. The van der Waals surface area contributed by atoms with Gasteiger partial charge in [0, 0.05) is 31.4 Å². The number of aromatic nitrogens is 1. The van der Waals surface area contributed by atoms with Gasteiger partial charge in [0.1, 0.15) is 5.82 Å². The lowest BCUT2D eigenvalue weighted by atomic mass is 9.99.